The third-order valence-corrected chi connectivity index (χ3v) is 4.82. The second-order valence-corrected chi connectivity index (χ2v) is 6.73. The zero-order valence-electron chi connectivity index (χ0n) is 12.9. The molecule has 6 nitrogen and oxygen atoms in total. The maximum absolute atomic E-state index is 12.6. The van der Waals surface area contributed by atoms with Crippen molar-refractivity contribution in [2.45, 2.75) is 18.7 Å². The fourth-order valence-electron chi connectivity index (χ4n) is 2.12. The topological polar surface area (TPSA) is 95.5 Å². The number of sulfonamides is 1. The van der Waals surface area contributed by atoms with E-state index in [1.54, 1.807) is 25.1 Å². The van der Waals surface area contributed by atoms with Gasteiger partial charge in [0.2, 0.25) is 0 Å². The number of hydrogen-bond acceptors (Lipinski definition) is 5. The Bertz CT molecular complexity index is 859. The molecule has 7 heteroatoms. The van der Waals surface area contributed by atoms with Gasteiger partial charge in [0.15, 0.2) is 0 Å². The predicted molar refractivity (Wildman–Crippen MR) is 84.0 cm³/mol. The van der Waals surface area contributed by atoms with E-state index in [9.17, 15) is 18.3 Å². The third kappa shape index (κ3) is 3.62. The van der Waals surface area contributed by atoms with Gasteiger partial charge in [0.1, 0.15) is 5.75 Å². The Morgan fingerprint density at radius 3 is 2.43 bits per heavy atom. The van der Waals surface area contributed by atoms with E-state index in [0.717, 1.165) is 11.6 Å². The predicted octanol–water partition coefficient (Wildman–Crippen LogP) is 1.48. The number of carboxylic acids is 1. The molecule has 0 bridgehead atoms. The molecule has 0 saturated heterocycles. The fraction of sp³-hybridized carbons (Fsp3) is 0.188. The third-order valence-electron chi connectivity index (χ3n) is 3.31. The molecular weight excluding hydrogens is 318 g/mol. The molecule has 122 valence electrons. The zero-order chi connectivity index (χ0) is 17.2. The highest BCUT2D eigenvalue weighted by Crippen LogP contribution is 2.28. The molecule has 0 amide bonds. The van der Waals surface area contributed by atoms with Gasteiger partial charge in [-0.1, -0.05) is 18.2 Å². The van der Waals surface area contributed by atoms with E-state index >= 15 is 0 Å². The van der Waals surface area contributed by atoms with Crippen molar-refractivity contribution in [2.24, 2.45) is 0 Å². The Labute approximate surface area is 134 Å². The summed E-state index contributed by atoms with van der Waals surface area (Å²) >= 11 is 0. The molecular formula is C16H16NO5S-. The van der Waals surface area contributed by atoms with Gasteiger partial charge in [-0.2, -0.15) is 0 Å². The first-order valence-corrected chi connectivity index (χ1v) is 8.22. The van der Waals surface area contributed by atoms with Crippen molar-refractivity contribution >= 4 is 21.7 Å². The first kappa shape index (κ1) is 16.8. The number of methoxy groups -OCH3 is 1. The number of carbonyl (C=O) groups excluding carboxylic acids is 1. The standard InChI is InChI=1S/C16H17NO5S/c1-10-4-7-14(22-3)13(8-10)17-23(20,21)15-9-12(16(18)19)6-5-11(15)2/h4-9,17H,1-3H3,(H,18,19)/p-1. The van der Waals surface area contributed by atoms with Crippen molar-refractivity contribution in [3.8, 4) is 5.75 Å². The Morgan fingerprint density at radius 1 is 1.13 bits per heavy atom. The van der Waals surface area contributed by atoms with E-state index in [-0.39, 0.29) is 16.1 Å². The maximum atomic E-state index is 12.6. The van der Waals surface area contributed by atoms with Crippen LogP contribution in [0.1, 0.15) is 21.5 Å². The van der Waals surface area contributed by atoms with E-state index < -0.39 is 16.0 Å². The molecule has 1 N–H and O–H groups in total. The highest BCUT2D eigenvalue weighted by Gasteiger charge is 2.19. The van der Waals surface area contributed by atoms with Gasteiger partial charge >= 0.3 is 0 Å². The minimum absolute atomic E-state index is 0.122. The molecule has 0 aliphatic heterocycles. The summed E-state index contributed by atoms with van der Waals surface area (Å²) in [4.78, 5) is 10.8. The summed E-state index contributed by atoms with van der Waals surface area (Å²) in [7, 11) is -2.54. The number of ether oxygens (including phenoxy) is 1. The van der Waals surface area contributed by atoms with E-state index in [1.807, 2.05) is 6.92 Å². The number of anilines is 1. The van der Waals surface area contributed by atoms with Gasteiger partial charge in [-0.3, -0.25) is 4.72 Å². The number of benzene rings is 2. The fourth-order valence-corrected chi connectivity index (χ4v) is 3.45. The van der Waals surface area contributed by atoms with Gasteiger partial charge in [0.05, 0.1) is 23.7 Å². The number of carboxylic acid groups (broad SMARTS) is 1. The molecule has 0 spiro atoms. The Morgan fingerprint density at radius 2 is 1.83 bits per heavy atom. The average molecular weight is 334 g/mol. The number of carbonyl (C=O) groups is 1. The van der Waals surface area contributed by atoms with E-state index in [2.05, 4.69) is 4.72 Å². The second kappa shape index (κ2) is 6.29. The van der Waals surface area contributed by atoms with Crippen molar-refractivity contribution < 1.29 is 23.1 Å². The average Bonchev–Trinajstić information content (AvgIpc) is 2.47. The maximum Gasteiger partial charge on any atom is 0.262 e. The van der Waals surface area contributed by atoms with Gasteiger partial charge in [-0.25, -0.2) is 8.42 Å². The molecule has 2 aromatic carbocycles. The minimum Gasteiger partial charge on any atom is -0.545 e. The van der Waals surface area contributed by atoms with Gasteiger partial charge < -0.3 is 14.6 Å². The lowest BCUT2D eigenvalue weighted by atomic mass is 10.1. The smallest absolute Gasteiger partial charge is 0.262 e. The first-order valence-electron chi connectivity index (χ1n) is 6.74. The molecule has 2 rings (SSSR count). The summed E-state index contributed by atoms with van der Waals surface area (Å²) in [5, 5.41) is 10.9. The minimum atomic E-state index is -3.97. The lowest BCUT2D eigenvalue weighted by Gasteiger charge is -2.15. The molecule has 0 fully saturated rings. The molecule has 2 aromatic rings. The summed E-state index contributed by atoms with van der Waals surface area (Å²) < 4.78 is 32.8. The summed E-state index contributed by atoms with van der Waals surface area (Å²) in [5.74, 6) is -1.07. The largest absolute Gasteiger partial charge is 0.545 e. The molecule has 0 aliphatic rings. The number of aromatic carboxylic acids is 1. The highest BCUT2D eigenvalue weighted by atomic mass is 32.2. The van der Waals surface area contributed by atoms with Crippen LogP contribution in [-0.4, -0.2) is 21.5 Å². The Balaban J connectivity index is 2.50. The number of nitrogens with one attached hydrogen (secondary N) is 1. The first-order chi connectivity index (χ1) is 10.7. The van der Waals surface area contributed by atoms with Crippen molar-refractivity contribution in [1.29, 1.82) is 0 Å². The monoisotopic (exact) mass is 334 g/mol. The van der Waals surface area contributed by atoms with Gasteiger partial charge in [0.25, 0.3) is 10.0 Å². The summed E-state index contributed by atoms with van der Waals surface area (Å²) in [5.41, 5.74) is 1.36. The van der Waals surface area contributed by atoms with E-state index in [0.29, 0.717) is 11.3 Å². The summed E-state index contributed by atoms with van der Waals surface area (Å²) in [6.07, 6.45) is 0. The van der Waals surface area contributed by atoms with Crippen LogP contribution in [0, 0.1) is 13.8 Å². The van der Waals surface area contributed by atoms with Crippen LogP contribution in [0.3, 0.4) is 0 Å². The lowest BCUT2D eigenvalue weighted by Crippen LogP contribution is -2.23. The number of rotatable bonds is 5. The normalized spacial score (nSPS) is 11.1. The van der Waals surface area contributed by atoms with Crippen LogP contribution in [0.5, 0.6) is 5.75 Å². The van der Waals surface area contributed by atoms with Gasteiger partial charge in [-0.15, -0.1) is 0 Å². The molecule has 0 radical (unpaired) electrons. The van der Waals surface area contributed by atoms with Crippen LogP contribution in [-0.2, 0) is 10.0 Å². The number of aryl methyl sites for hydroxylation is 2. The van der Waals surface area contributed by atoms with Gasteiger partial charge in [0, 0.05) is 0 Å². The molecule has 0 atom stereocenters. The molecule has 23 heavy (non-hydrogen) atoms. The van der Waals surface area contributed by atoms with Crippen molar-refractivity contribution in [3.63, 3.8) is 0 Å². The Hall–Kier alpha value is -2.54. The van der Waals surface area contributed by atoms with Crippen molar-refractivity contribution in [3.05, 3.63) is 53.1 Å². The van der Waals surface area contributed by atoms with Crippen molar-refractivity contribution in [1.82, 2.24) is 0 Å². The summed E-state index contributed by atoms with van der Waals surface area (Å²) in [6.45, 7) is 3.40. The molecule has 0 aliphatic carbocycles. The Kier molecular flexibility index (Phi) is 4.60. The molecule has 0 unspecified atom stereocenters. The van der Waals surface area contributed by atoms with Crippen LogP contribution in [0.25, 0.3) is 0 Å². The van der Waals surface area contributed by atoms with Crippen molar-refractivity contribution in [2.75, 3.05) is 11.8 Å². The van der Waals surface area contributed by atoms with E-state index in [1.165, 1.54) is 19.2 Å². The van der Waals surface area contributed by atoms with Crippen LogP contribution in [0.2, 0.25) is 0 Å². The quantitative estimate of drug-likeness (QED) is 0.893. The van der Waals surface area contributed by atoms with E-state index in [4.69, 9.17) is 4.74 Å². The number of hydrogen-bond donors (Lipinski definition) is 1. The van der Waals surface area contributed by atoms with Crippen LogP contribution in [0.4, 0.5) is 5.69 Å². The lowest BCUT2D eigenvalue weighted by molar-refractivity contribution is -0.255. The van der Waals surface area contributed by atoms with Crippen LogP contribution >= 0.6 is 0 Å². The van der Waals surface area contributed by atoms with Crippen LogP contribution < -0.4 is 14.6 Å². The molecule has 0 aromatic heterocycles. The highest BCUT2D eigenvalue weighted by molar-refractivity contribution is 7.92. The molecule has 0 heterocycles. The zero-order valence-corrected chi connectivity index (χ0v) is 13.7. The molecule has 0 saturated carbocycles. The SMILES string of the molecule is COc1ccc(C)cc1NS(=O)(=O)c1cc(C(=O)[O-])ccc1C. The second-order valence-electron chi connectivity index (χ2n) is 5.08. The van der Waals surface area contributed by atoms with Crippen LogP contribution in [0.15, 0.2) is 41.3 Å². The summed E-state index contributed by atoms with van der Waals surface area (Å²) in [6, 6.07) is 8.88. The van der Waals surface area contributed by atoms with Gasteiger partial charge in [-0.05, 0) is 48.7 Å².